The summed E-state index contributed by atoms with van der Waals surface area (Å²) in [6.45, 7) is 3.60. The van der Waals surface area contributed by atoms with Crippen LogP contribution < -0.4 is 4.74 Å². The van der Waals surface area contributed by atoms with Crippen molar-refractivity contribution >= 4 is 33.5 Å². The summed E-state index contributed by atoms with van der Waals surface area (Å²) in [5, 5.41) is 0.220. The minimum atomic E-state index is -3.77. The van der Waals surface area contributed by atoms with Crippen LogP contribution in [-0.4, -0.2) is 69.4 Å². The predicted molar refractivity (Wildman–Crippen MR) is 115 cm³/mol. The standard InChI is InChI=1S/C21H29ClN2O6S/c1-3-30-21(26)15-8-11-23(12-9-15)20(25)16-5-4-10-24(14-16)31(27,28)17-6-7-19(29-2)18(22)13-17/h6-7,13,15-16H,3-5,8-12,14H2,1-2H3/t16-/m0/s1. The number of rotatable bonds is 6. The maximum Gasteiger partial charge on any atom is 0.309 e. The van der Waals surface area contributed by atoms with Crippen LogP contribution in [0.25, 0.3) is 0 Å². The van der Waals surface area contributed by atoms with E-state index in [4.69, 9.17) is 21.1 Å². The number of likely N-dealkylation sites (tertiary alicyclic amines) is 1. The molecule has 172 valence electrons. The van der Waals surface area contributed by atoms with E-state index in [-0.39, 0.29) is 34.3 Å². The lowest BCUT2D eigenvalue weighted by atomic mass is 9.93. The number of nitrogens with zero attached hydrogens (tertiary/aromatic N) is 2. The van der Waals surface area contributed by atoms with Crippen molar-refractivity contribution in [2.75, 3.05) is 39.9 Å². The van der Waals surface area contributed by atoms with E-state index < -0.39 is 15.9 Å². The third-order valence-corrected chi connectivity index (χ3v) is 8.08. The highest BCUT2D eigenvalue weighted by Gasteiger charge is 2.37. The summed E-state index contributed by atoms with van der Waals surface area (Å²) >= 11 is 6.11. The molecule has 0 radical (unpaired) electrons. The molecule has 1 aromatic carbocycles. The van der Waals surface area contributed by atoms with Gasteiger partial charge in [0, 0.05) is 26.2 Å². The van der Waals surface area contributed by atoms with Gasteiger partial charge in [0.05, 0.1) is 35.5 Å². The van der Waals surface area contributed by atoms with Gasteiger partial charge in [-0.1, -0.05) is 11.6 Å². The van der Waals surface area contributed by atoms with Crippen LogP contribution in [0.1, 0.15) is 32.6 Å². The molecule has 31 heavy (non-hydrogen) atoms. The van der Waals surface area contributed by atoms with Crippen molar-refractivity contribution in [2.45, 2.75) is 37.5 Å². The molecule has 0 N–H and O–H groups in total. The molecule has 0 aliphatic carbocycles. The smallest absolute Gasteiger partial charge is 0.309 e. The van der Waals surface area contributed by atoms with E-state index in [0.717, 1.165) is 0 Å². The number of methoxy groups -OCH3 is 1. The number of carbonyl (C=O) groups is 2. The van der Waals surface area contributed by atoms with E-state index in [0.29, 0.717) is 57.7 Å². The molecule has 1 atom stereocenters. The lowest BCUT2D eigenvalue weighted by Crippen LogP contribution is -2.49. The van der Waals surface area contributed by atoms with Gasteiger partial charge in [0.1, 0.15) is 5.75 Å². The Morgan fingerprint density at radius 1 is 1.13 bits per heavy atom. The number of piperidine rings is 2. The molecule has 0 spiro atoms. The SMILES string of the molecule is CCOC(=O)C1CCN(C(=O)[C@H]2CCCN(S(=O)(=O)c3ccc(OC)c(Cl)c3)C2)CC1. The Morgan fingerprint density at radius 3 is 2.45 bits per heavy atom. The molecule has 2 aliphatic rings. The van der Waals surface area contributed by atoms with Crippen LogP contribution in [0.15, 0.2) is 23.1 Å². The number of carbonyl (C=O) groups excluding carboxylic acids is 2. The second kappa shape index (κ2) is 10.2. The van der Waals surface area contributed by atoms with Crippen molar-refractivity contribution in [3.8, 4) is 5.75 Å². The van der Waals surface area contributed by atoms with Crippen molar-refractivity contribution in [1.29, 1.82) is 0 Å². The molecule has 10 heteroatoms. The number of halogens is 1. The monoisotopic (exact) mass is 472 g/mol. The van der Waals surface area contributed by atoms with Crippen LogP contribution in [0, 0.1) is 11.8 Å². The van der Waals surface area contributed by atoms with Gasteiger partial charge in [-0.3, -0.25) is 9.59 Å². The first-order chi connectivity index (χ1) is 14.8. The number of sulfonamides is 1. The molecule has 2 aliphatic heterocycles. The first-order valence-electron chi connectivity index (χ1n) is 10.6. The molecule has 8 nitrogen and oxygen atoms in total. The van der Waals surface area contributed by atoms with Crippen LogP contribution in [0.5, 0.6) is 5.75 Å². The van der Waals surface area contributed by atoms with Gasteiger partial charge in [0.2, 0.25) is 15.9 Å². The molecule has 0 unspecified atom stereocenters. The summed E-state index contributed by atoms with van der Waals surface area (Å²) in [7, 11) is -2.31. The Hall–Kier alpha value is -1.84. The van der Waals surface area contributed by atoms with Gasteiger partial charge < -0.3 is 14.4 Å². The molecule has 0 aromatic heterocycles. The predicted octanol–water partition coefficient (Wildman–Crippen LogP) is 2.55. The molecule has 0 bridgehead atoms. The molecular weight excluding hydrogens is 444 g/mol. The fraction of sp³-hybridized carbons (Fsp3) is 0.619. The van der Waals surface area contributed by atoms with E-state index in [1.54, 1.807) is 11.8 Å². The largest absolute Gasteiger partial charge is 0.495 e. The van der Waals surface area contributed by atoms with Crippen LogP contribution in [-0.2, 0) is 24.3 Å². The second-order valence-corrected chi connectivity index (χ2v) is 10.2. The van der Waals surface area contributed by atoms with Crippen molar-refractivity contribution in [3.63, 3.8) is 0 Å². The molecule has 2 fully saturated rings. The quantitative estimate of drug-likeness (QED) is 0.591. The van der Waals surface area contributed by atoms with Gasteiger partial charge >= 0.3 is 5.97 Å². The zero-order valence-electron chi connectivity index (χ0n) is 17.9. The molecule has 2 saturated heterocycles. The van der Waals surface area contributed by atoms with E-state index in [2.05, 4.69) is 0 Å². The van der Waals surface area contributed by atoms with Crippen LogP contribution in [0.2, 0.25) is 5.02 Å². The zero-order chi connectivity index (χ0) is 22.6. The zero-order valence-corrected chi connectivity index (χ0v) is 19.5. The number of esters is 1. The average molecular weight is 473 g/mol. The van der Waals surface area contributed by atoms with Gasteiger partial charge in [0.25, 0.3) is 0 Å². The molecule has 2 heterocycles. The highest BCUT2D eigenvalue weighted by atomic mass is 35.5. The summed E-state index contributed by atoms with van der Waals surface area (Å²) in [5.41, 5.74) is 0. The highest BCUT2D eigenvalue weighted by molar-refractivity contribution is 7.89. The Bertz CT molecular complexity index is 914. The number of amides is 1. The summed E-state index contributed by atoms with van der Waals surface area (Å²) in [4.78, 5) is 26.8. The topological polar surface area (TPSA) is 93.2 Å². The van der Waals surface area contributed by atoms with Crippen molar-refractivity contribution in [2.24, 2.45) is 11.8 Å². The molecule has 1 aromatic rings. The molecule has 0 saturated carbocycles. The third kappa shape index (κ3) is 5.32. The number of hydrogen-bond donors (Lipinski definition) is 0. The Labute approximate surface area is 188 Å². The van der Waals surface area contributed by atoms with E-state index >= 15 is 0 Å². The van der Waals surface area contributed by atoms with Crippen LogP contribution >= 0.6 is 11.6 Å². The summed E-state index contributed by atoms with van der Waals surface area (Å²) in [5.74, 6) is -0.417. The fourth-order valence-corrected chi connectivity index (χ4v) is 6.05. The normalized spacial score (nSPS) is 21.0. The first kappa shape index (κ1) is 23.8. The van der Waals surface area contributed by atoms with Crippen LogP contribution in [0.3, 0.4) is 0 Å². The maximum atomic E-state index is 13.1. The summed E-state index contributed by atoms with van der Waals surface area (Å²) in [6, 6.07) is 4.36. The Morgan fingerprint density at radius 2 is 1.84 bits per heavy atom. The van der Waals surface area contributed by atoms with E-state index in [1.807, 2.05) is 0 Å². The fourth-order valence-electron chi connectivity index (χ4n) is 4.17. The van der Waals surface area contributed by atoms with Crippen molar-refractivity contribution in [3.05, 3.63) is 23.2 Å². The van der Waals surface area contributed by atoms with Crippen LogP contribution in [0.4, 0.5) is 0 Å². The van der Waals surface area contributed by atoms with Crippen molar-refractivity contribution in [1.82, 2.24) is 9.21 Å². The Kier molecular flexibility index (Phi) is 7.82. The average Bonchev–Trinajstić information content (AvgIpc) is 2.79. The summed E-state index contributed by atoms with van der Waals surface area (Å²) < 4.78 is 37.8. The molecular formula is C21H29ClN2O6S. The van der Waals surface area contributed by atoms with Gasteiger partial charge in [-0.15, -0.1) is 0 Å². The Balaban J connectivity index is 1.64. The van der Waals surface area contributed by atoms with Gasteiger partial charge in [0.15, 0.2) is 0 Å². The molecule has 1 amide bonds. The first-order valence-corrected chi connectivity index (χ1v) is 12.4. The molecule has 3 rings (SSSR count). The van der Waals surface area contributed by atoms with Crippen molar-refractivity contribution < 1.29 is 27.5 Å². The maximum absolute atomic E-state index is 13.1. The minimum absolute atomic E-state index is 0.0463. The lowest BCUT2D eigenvalue weighted by Gasteiger charge is -2.37. The number of hydrogen-bond acceptors (Lipinski definition) is 6. The van der Waals surface area contributed by atoms with Gasteiger partial charge in [-0.2, -0.15) is 4.31 Å². The second-order valence-electron chi connectivity index (χ2n) is 7.85. The number of ether oxygens (including phenoxy) is 2. The number of benzene rings is 1. The van der Waals surface area contributed by atoms with E-state index in [9.17, 15) is 18.0 Å². The van der Waals surface area contributed by atoms with Gasteiger partial charge in [-0.25, -0.2) is 8.42 Å². The third-order valence-electron chi connectivity index (χ3n) is 5.92. The summed E-state index contributed by atoms with van der Waals surface area (Å²) in [6.07, 6.45) is 2.40. The van der Waals surface area contributed by atoms with Gasteiger partial charge in [-0.05, 0) is 50.8 Å². The minimum Gasteiger partial charge on any atom is -0.495 e. The highest BCUT2D eigenvalue weighted by Crippen LogP contribution is 2.31. The van der Waals surface area contributed by atoms with E-state index in [1.165, 1.54) is 29.6 Å². The lowest BCUT2D eigenvalue weighted by molar-refractivity contribution is -0.152.